The first-order valence-corrected chi connectivity index (χ1v) is 4.18. The summed E-state index contributed by atoms with van der Waals surface area (Å²) in [6, 6.07) is 0. The van der Waals surface area contributed by atoms with Crippen LogP contribution in [0.3, 0.4) is 0 Å². The van der Waals surface area contributed by atoms with Gasteiger partial charge in [0.25, 0.3) is 0 Å². The fourth-order valence-corrected chi connectivity index (χ4v) is 0.714. The van der Waals surface area contributed by atoms with Crippen LogP contribution in [0.25, 0.3) is 0 Å². The first-order chi connectivity index (χ1) is 5.61. The summed E-state index contributed by atoms with van der Waals surface area (Å²) in [6.07, 6.45) is 1.51. The van der Waals surface area contributed by atoms with Gasteiger partial charge in [0.2, 0.25) is 0 Å². The minimum absolute atomic E-state index is 0.268. The molecule has 0 unspecified atom stereocenters. The molecule has 0 radical (unpaired) electrons. The highest BCUT2D eigenvalue weighted by Crippen LogP contribution is 1.99. The zero-order chi connectivity index (χ0) is 9.56. The second kappa shape index (κ2) is 5.63. The minimum atomic E-state index is -0.268. The van der Waals surface area contributed by atoms with Gasteiger partial charge >= 0.3 is 5.97 Å². The van der Waals surface area contributed by atoms with Gasteiger partial charge in [-0.1, -0.05) is 0 Å². The lowest BCUT2D eigenvalue weighted by molar-refractivity contribution is -0.137. The van der Waals surface area contributed by atoms with Gasteiger partial charge in [-0.2, -0.15) is 0 Å². The van der Waals surface area contributed by atoms with E-state index in [2.05, 4.69) is 0 Å². The highest BCUT2D eigenvalue weighted by molar-refractivity contribution is 5.82. The van der Waals surface area contributed by atoms with Gasteiger partial charge < -0.3 is 9.64 Å². The second-order valence-corrected chi connectivity index (χ2v) is 2.55. The Morgan fingerprint density at radius 2 is 2.08 bits per heavy atom. The number of nitrogens with zero attached hydrogens (tertiary/aromatic N) is 1. The van der Waals surface area contributed by atoms with E-state index in [1.54, 1.807) is 6.92 Å². The molecule has 0 aromatic rings. The van der Waals surface area contributed by atoms with Gasteiger partial charge in [-0.25, -0.2) is 4.79 Å². The highest BCUT2D eigenvalue weighted by Gasteiger charge is 2.00. The fraction of sp³-hybridized carbons (Fsp3) is 0.667. The number of allylic oxidation sites excluding steroid dienone is 1. The van der Waals surface area contributed by atoms with Crippen LogP contribution in [0.5, 0.6) is 0 Å². The zero-order valence-corrected chi connectivity index (χ0v) is 8.26. The molecule has 0 fully saturated rings. The van der Waals surface area contributed by atoms with E-state index >= 15 is 0 Å². The fourth-order valence-electron chi connectivity index (χ4n) is 0.714. The number of hydrogen-bond donors (Lipinski definition) is 0. The summed E-state index contributed by atoms with van der Waals surface area (Å²) in [6.45, 7) is 7.04. The van der Waals surface area contributed by atoms with Crippen LogP contribution in [0.4, 0.5) is 0 Å². The van der Waals surface area contributed by atoms with E-state index in [9.17, 15) is 4.79 Å². The van der Waals surface area contributed by atoms with Crippen LogP contribution in [0.15, 0.2) is 11.8 Å². The maximum Gasteiger partial charge on any atom is 0.332 e. The Balaban J connectivity index is 4.05. The van der Waals surface area contributed by atoms with E-state index in [0.717, 1.165) is 12.2 Å². The van der Waals surface area contributed by atoms with Crippen molar-refractivity contribution in [3.63, 3.8) is 0 Å². The number of carbonyl (C=O) groups excluding carboxylic acids is 1. The van der Waals surface area contributed by atoms with Crippen LogP contribution in [0.1, 0.15) is 20.8 Å². The Hall–Kier alpha value is -0.990. The Morgan fingerprint density at radius 1 is 1.50 bits per heavy atom. The molecule has 0 aliphatic rings. The lowest BCUT2D eigenvalue weighted by Gasteiger charge is -2.16. The summed E-state index contributed by atoms with van der Waals surface area (Å²) in [5.41, 5.74) is 0.927. The maximum absolute atomic E-state index is 10.9. The van der Waals surface area contributed by atoms with Crippen molar-refractivity contribution in [1.29, 1.82) is 0 Å². The predicted molar refractivity (Wildman–Crippen MR) is 48.7 cm³/mol. The SMILES string of the molecule is CCOC(=O)C=C(C)N(C)CC. The lowest BCUT2D eigenvalue weighted by atomic mass is 10.4. The standard InChI is InChI=1S/C9H17NO2/c1-5-10(4)8(3)7-9(11)12-6-2/h7H,5-6H2,1-4H3. The van der Waals surface area contributed by atoms with Gasteiger partial charge in [-0.05, 0) is 20.8 Å². The minimum Gasteiger partial charge on any atom is -0.463 e. The monoisotopic (exact) mass is 171 g/mol. The molecule has 0 aromatic carbocycles. The van der Waals surface area contributed by atoms with Gasteiger partial charge in [-0.15, -0.1) is 0 Å². The van der Waals surface area contributed by atoms with E-state index in [1.165, 1.54) is 6.08 Å². The Labute approximate surface area is 74.0 Å². The van der Waals surface area contributed by atoms with Crippen LogP contribution in [0, 0.1) is 0 Å². The first-order valence-electron chi connectivity index (χ1n) is 4.18. The summed E-state index contributed by atoms with van der Waals surface area (Å²) < 4.78 is 4.77. The topological polar surface area (TPSA) is 29.5 Å². The Bertz CT molecular complexity index is 175. The molecule has 70 valence electrons. The number of rotatable bonds is 4. The molecule has 0 aliphatic carbocycles. The molecule has 0 amide bonds. The second-order valence-electron chi connectivity index (χ2n) is 2.55. The van der Waals surface area contributed by atoms with E-state index in [0.29, 0.717) is 6.61 Å². The van der Waals surface area contributed by atoms with Crippen molar-refractivity contribution in [2.45, 2.75) is 20.8 Å². The largest absolute Gasteiger partial charge is 0.463 e. The smallest absolute Gasteiger partial charge is 0.332 e. The third kappa shape index (κ3) is 4.01. The van der Waals surface area contributed by atoms with Crippen molar-refractivity contribution in [3.05, 3.63) is 11.8 Å². The number of ether oxygens (including phenoxy) is 1. The van der Waals surface area contributed by atoms with Gasteiger partial charge in [0.15, 0.2) is 0 Å². The average Bonchev–Trinajstić information content (AvgIpc) is 2.03. The van der Waals surface area contributed by atoms with E-state index < -0.39 is 0 Å². The van der Waals surface area contributed by atoms with E-state index in [4.69, 9.17) is 4.74 Å². The third-order valence-corrected chi connectivity index (χ3v) is 1.69. The van der Waals surface area contributed by atoms with Crippen molar-refractivity contribution < 1.29 is 9.53 Å². The average molecular weight is 171 g/mol. The van der Waals surface area contributed by atoms with Crippen LogP contribution >= 0.6 is 0 Å². The quantitative estimate of drug-likeness (QED) is 0.473. The van der Waals surface area contributed by atoms with Crippen LogP contribution in [-0.2, 0) is 9.53 Å². The first kappa shape index (κ1) is 11.0. The molecule has 0 N–H and O–H groups in total. The molecule has 0 aromatic heterocycles. The van der Waals surface area contributed by atoms with Crippen molar-refractivity contribution in [3.8, 4) is 0 Å². The number of esters is 1. The molecule has 0 spiro atoms. The van der Waals surface area contributed by atoms with Crippen LogP contribution < -0.4 is 0 Å². The summed E-state index contributed by atoms with van der Waals surface area (Å²) in [4.78, 5) is 12.9. The van der Waals surface area contributed by atoms with Gasteiger partial charge in [0, 0.05) is 25.4 Å². The third-order valence-electron chi connectivity index (χ3n) is 1.69. The molecular formula is C9H17NO2. The summed E-state index contributed by atoms with van der Waals surface area (Å²) in [5, 5.41) is 0. The molecule has 0 rings (SSSR count). The van der Waals surface area contributed by atoms with Crippen molar-refractivity contribution in [2.24, 2.45) is 0 Å². The van der Waals surface area contributed by atoms with E-state index in [-0.39, 0.29) is 5.97 Å². The molecule has 12 heavy (non-hydrogen) atoms. The molecule has 3 heteroatoms. The molecule has 0 aliphatic heterocycles. The molecule has 0 atom stereocenters. The van der Waals surface area contributed by atoms with Gasteiger partial charge in [0.05, 0.1) is 6.61 Å². The molecule has 0 bridgehead atoms. The van der Waals surface area contributed by atoms with E-state index in [1.807, 2.05) is 25.8 Å². The highest BCUT2D eigenvalue weighted by atomic mass is 16.5. The maximum atomic E-state index is 10.9. The molecule has 3 nitrogen and oxygen atoms in total. The summed E-state index contributed by atoms with van der Waals surface area (Å²) in [7, 11) is 1.94. The Kier molecular flexibility index (Phi) is 5.17. The summed E-state index contributed by atoms with van der Waals surface area (Å²) >= 11 is 0. The Morgan fingerprint density at radius 3 is 2.50 bits per heavy atom. The number of carbonyl (C=O) groups is 1. The van der Waals surface area contributed by atoms with Gasteiger partial charge in [-0.3, -0.25) is 0 Å². The molecule has 0 saturated carbocycles. The van der Waals surface area contributed by atoms with Crippen molar-refractivity contribution in [1.82, 2.24) is 4.90 Å². The van der Waals surface area contributed by atoms with Crippen molar-refractivity contribution in [2.75, 3.05) is 20.2 Å². The summed E-state index contributed by atoms with van der Waals surface area (Å²) in [5.74, 6) is -0.268. The molecule has 0 saturated heterocycles. The lowest BCUT2D eigenvalue weighted by Crippen LogP contribution is -2.16. The van der Waals surface area contributed by atoms with Gasteiger partial charge in [0.1, 0.15) is 0 Å². The van der Waals surface area contributed by atoms with Crippen LogP contribution in [-0.4, -0.2) is 31.1 Å². The molecular weight excluding hydrogens is 154 g/mol. The number of hydrogen-bond acceptors (Lipinski definition) is 3. The zero-order valence-electron chi connectivity index (χ0n) is 8.26. The predicted octanol–water partition coefficient (Wildman–Crippen LogP) is 1.41. The van der Waals surface area contributed by atoms with Crippen molar-refractivity contribution >= 4 is 5.97 Å². The normalized spacial score (nSPS) is 11.2. The molecule has 0 heterocycles. The van der Waals surface area contributed by atoms with Crippen LogP contribution in [0.2, 0.25) is 0 Å².